The van der Waals surface area contributed by atoms with Crippen LogP contribution in [0.2, 0.25) is 0 Å². The molecule has 3 rings (SSSR count). The van der Waals surface area contributed by atoms with E-state index in [1.165, 1.54) is 5.56 Å². The van der Waals surface area contributed by atoms with E-state index in [2.05, 4.69) is 12.1 Å². The number of Topliss-reactive ketones (excluding diaryl/α,β-unsaturated/α-hetero) is 1. The molecule has 1 fully saturated rings. The van der Waals surface area contributed by atoms with E-state index < -0.39 is 0 Å². The van der Waals surface area contributed by atoms with Crippen LogP contribution in [0.5, 0.6) is 0 Å². The molecule has 0 amide bonds. The third-order valence-electron chi connectivity index (χ3n) is 4.29. The fourth-order valence-electron chi connectivity index (χ4n) is 3.21. The second kappa shape index (κ2) is 4.93. The van der Waals surface area contributed by atoms with Crippen LogP contribution < -0.4 is 0 Å². The van der Waals surface area contributed by atoms with Crippen LogP contribution in [0.25, 0.3) is 0 Å². The number of rotatable bonds is 3. The Bertz CT molecular complexity index is 576. The summed E-state index contributed by atoms with van der Waals surface area (Å²) in [5.41, 5.74) is 2.05. The van der Waals surface area contributed by atoms with E-state index in [-0.39, 0.29) is 5.41 Å². The van der Waals surface area contributed by atoms with Crippen LogP contribution in [0.3, 0.4) is 0 Å². The molecule has 0 radical (unpaired) electrons. The fraction of sp³-hybridized carbons (Fsp3) is 0.353. The van der Waals surface area contributed by atoms with Gasteiger partial charge in [0.25, 0.3) is 0 Å². The lowest BCUT2D eigenvalue weighted by molar-refractivity contribution is 0.0890. The van der Waals surface area contributed by atoms with E-state index in [9.17, 15) is 4.79 Å². The van der Waals surface area contributed by atoms with Crippen LogP contribution in [0.4, 0.5) is 0 Å². The van der Waals surface area contributed by atoms with Crippen LogP contribution in [0, 0.1) is 6.92 Å². The first-order valence-electron chi connectivity index (χ1n) is 6.88. The molecule has 0 bridgehead atoms. The fourth-order valence-corrected chi connectivity index (χ4v) is 4.17. The molecule has 0 spiro atoms. The smallest absolute Gasteiger partial charge is 0.183 e. The summed E-state index contributed by atoms with van der Waals surface area (Å²) >= 11 is 1.59. The lowest BCUT2D eigenvalue weighted by atomic mass is 9.74. The maximum Gasteiger partial charge on any atom is 0.183 e. The van der Waals surface area contributed by atoms with E-state index in [4.69, 9.17) is 0 Å². The topological polar surface area (TPSA) is 17.1 Å². The molecule has 1 heterocycles. The summed E-state index contributed by atoms with van der Waals surface area (Å²) in [7, 11) is 0. The zero-order valence-electron chi connectivity index (χ0n) is 11.2. The normalized spacial score (nSPS) is 17.5. The average Bonchev–Trinajstić information content (AvgIpc) is 3.08. The lowest BCUT2D eigenvalue weighted by Gasteiger charge is -2.28. The SMILES string of the molecule is Cc1ccsc1C(=O)C1(c2ccccc2)CCCC1. The molecule has 1 aromatic heterocycles. The van der Waals surface area contributed by atoms with Gasteiger partial charge in [0, 0.05) is 0 Å². The van der Waals surface area contributed by atoms with Gasteiger partial charge in [-0.2, -0.15) is 0 Å². The third kappa shape index (κ3) is 2.04. The minimum atomic E-state index is -0.267. The van der Waals surface area contributed by atoms with Crippen LogP contribution in [0.1, 0.15) is 46.5 Å². The van der Waals surface area contributed by atoms with Crippen molar-refractivity contribution in [1.29, 1.82) is 0 Å². The molecular weight excluding hydrogens is 252 g/mol. The van der Waals surface area contributed by atoms with Gasteiger partial charge in [0.1, 0.15) is 0 Å². The predicted molar refractivity (Wildman–Crippen MR) is 80.0 cm³/mol. The van der Waals surface area contributed by atoms with Crippen molar-refractivity contribution in [2.75, 3.05) is 0 Å². The van der Waals surface area contributed by atoms with Crippen molar-refractivity contribution in [1.82, 2.24) is 0 Å². The summed E-state index contributed by atoms with van der Waals surface area (Å²) in [5, 5.41) is 2.02. The minimum absolute atomic E-state index is 0.267. The summed E-state index contributed by atoms with van der Waals surface area (Å²) in [5.74, 6) is 0.337. The Morgan fingerprint density at radius 1 is 1.11 bits per heavy atom. The molecule has 19 heavy (non-hydrogen) atoms. The Morgan fingerprint density at radius 2 is 1.79 bits per heavy atom. The van der Waals surface area contributed by atoms with Gasteiger partial charge in [0.05, 0.1) is 10.3 Å². The van der Waals surface area contributed by atoms with Crippen molar-refractivity contribution in [3.8, 4) is 0 Å². The van der Waals surface area contributed by atoms with Gasteiger partial charge in [-0.05, 0) is 42.3 Å². The third-order valence-corrected chi connectivity index (χ3v) is 5.30. The zero-order valence-corrected chi connectivity index (χ0v) is 12.0. The molecule has 1 nitrogen and oxygen atoms in total. The second-order valence-electron chi connectivity index (χ2n) is 5.42. The Morgan fingerprint density at radius 3 is 2.37 bits per heavy atom. The molecular formula is C17H18OS. The highest BCUT2D eigenvalue weighted by Gasteiger charge is 2.43. The number of carbonyl (C=O) groups is 1. The van der Waals surface area contributed by atoms with Gasteiger partial charge in [0.2, 0.25) is 0 Å². The number of aryl methyl sites for hydroxylation is 1. The Balaban J connectivity index is 2.07. The molecule has 98 valence electrons. The first-order valence-corrected chi connectivity index (χ1v) is 7.76. The molecule has 1 saturated carbocycles. The van der Waals surface area contributed by atoms with E-state index in [1.807, 2.05) is 36.6 Å². The maximum absolute atomic E-state index is 13.1. The van der Waals surface area contributed by atoms with Crippen molar-refractivity contribution < 1.29 is 4.79 Å². The number of hydrogen-bond donors (Lipinski definition) is 0. The van der Waals surface area contributed by atoms with Crippen LogP contribution >= 0.6 is 11.3 Å². The molecule has 1 aliphatic carbocycles. The maximum atomic E-state index is 13.1. The molecule has 1 aliphatic rings. The van der Waals surface area contributed by atoms with Crippen molar-refractivity contribution >= 4 is 17.1 Å². The highest BCUT2D eigenvalue weighted by Crippen LogP contribution is 2.44. The largest absolute Gasteiger partial charge is 0.292 e. The molecule has 0 saturated heterocycles. The van der Waals surface area contributed by atoms with Crippen molar-refractivity contribution in [3.63, 3.8) is 0 Å². The minimum Gasteiger partial charge on any atom is -0.292 e. The number of thiophene rings is 1. The summed E-state index contributed by atoms with van der Waals surface area (Å²) in [6.45, 7) is 2.04. The van der Waals surface area contributed by atoms with Gasteiger partial charge in [0.15, 0.2) is 5.78 Å². The molecule has 2 aromatic rings. The highest BCUT2D eigenvalue weighted by atomic mass is 32.1. The molecule has 0 N–H and O–H groups in total. The standard InChI is InChI=1S/C17H18OS/c1-13-9-12-19-15(13)16(18)17(10-5-6-11-17)14-7-3-2-4-8-14/h2-4,7-9,12H,5-6,10-11H2,1H3. The lowest BCUT2D eigenvalue weighted by Crippen LogP contribution is -2.32. The number of ketones is 1. The highest BCUT2D eigenvalue weighted by molar-refractivity contribution is 7.12. The molecule has 0 atom stereocenters. The van der Waals surface area contributed by atoms with Crippen molar-refractivity contribution in [2.45, 2.75) is 38.0 Å². The predicted octanol–water partition coefficient (Wildman–Crippen LogP) is 4.75. The Hall–Kier alpha value is -1.41. The van der Waals surface area contributed by atoms with Gasteiger partial charge >= 0.3 is 0 Å². The van der Waals surface area contributed by atoms with Crippen LogP contribution in [-0.2, 0) is 5.41 Å². The zero-order chi connectivity index (χ0) is 13.3. The van der Waals surface area contributed by atoms with E-state index in [0.29, 0.717) is 5.78 Å². The number of benzene rings is 1. The van der Waals surface area contributed by atoms with E-state index in [0.717, 1.165) is 36.1 Å². The van der Waals surface area contributed by atoms with Crippen molar-refractivity contribution in [3.05, 3.63) is 57.8 Å². The van der Waals surface area contributed by atoms with Gasteiger partial charge in [-0.3, -0.25) is 4.79 Å². The quantitative estimate of drug-likeness (QED) is 0.735. The molecule has 0 aliphatic heterocycles. The summed E-state index contributed by atoms with van der Waals surface area (Å²) in [6, 6.07) is 12.4. The number of hydrogen-bond acceptors (Lipinski definition) is 2. The first kappa shape index (κ1) is 12.6. The first-order chi connectivity index (χ1) is 9.24. The monoisotopic (exact) mass is 270 g/mol. The van der Waals surface area contributed by atoms with Gasteiger partial charge < -0.3 is 0 Å². The number of carbonyl (C=O) groups excluding carboxylic acids is 1. The van der Waals surface area contributed by atoms with Gasteiger partial charge in [-0.15, -0.1) is 11.3 Å². The van der Waals surface area contributed by atoms with Crippen LogP contribution in [0.15, 0.2) is 41.8 Å². The van der Waals surface area contributed by atoms with Gasteiger partial charge in [-0.1, -0.05) is 43.2 Å². The Kier molecular flexibility index (Phi) is 3.28. The van der Waals surface area contributed by atoms with Crippen molar-refractivity contribution in [2.24, 2.45) is 0 Å². The summed E-state index contributed by atoms with van der Waals surface area (Å²) < 4.78 is 0. The molecule has 2 heteroatoms. The summed E-state index contributed by atoms with van der Waals surface area (Å²) in [4.78, 5) is 14.0. The second-order valence-corrected chi connectivity index (χ2v) is 6.33. The average molecular weight is 270 g/mol. The molecule has 1 aromatic carbocycles. The van der Waals surface area contributed by atoms with E-state index in [1.54, 1.807) is 11.3 Å². The van der Waals surface area contributed by atoms with Gasteiger partial charge in [-0.25, -0.2) is 0 Å². The summed E-state index contributed by atoms with van der Waals surface area (Å²) in [6.07, 6.45) is 4.30. The molecule has 0 unspecified atom stereocenters. The van der Waals surface area contributed by atoms with Crippen LogP contribution in [-0.4, -0.2) is 5.78 Å². The van der Waals surface area contributed by atoms with E-state index >= 15 is 0 Å². The Labute approximate surface area is 118 Å².